The fourth-order valence-corrected chi connectivity index (χ4v) is 5.27. The molecule has 120 valence electrons. The average Bonchev–Trinajstić information content (AvgIpc) is 2.39. The summed E-state index contributed by atoms with van der Waals surface area (Å²) in [4.78, 5) is 0.118. The predicted molar refractivity (Wildman–Crippen MR) is 84.8 cm³/mol. The molecular weight excluding hydrogens is 381 g/mol. The fourth-order valence-electron chi connectivity index (χ4n) is 1.62. The molecule has 0 fully saturated rings. The normalized spacial score (nSPS) is 12.8. The summed E-state index contributed by atoms with van der Waals surface area (Å²) in [7, 11) is -5.86. The first-order valence-corrected chi connectivity index (χ1v) is 10.3. The van der Waals surface area contributed by atoms with Crippen LogP contribution >= 0.6 is 23.5 Å². The molecule has 0 amide bonds. The maximum Gasteiger partial charge on any atom is 0.345 e. The Hall–Kier alpha value is -0.240. The van der Waals surface area contributed by atoms with Crippen LogP contribution in [0.15, 0.2) is 33.6 Å². The van der Waals surface area contributed by atoms with Crippen LogP contribution in [0.2, 0.25) is 0 Å². The van der Waals surface area contributed by atoms with Gasteiger partial charge in [0.25, 0.3) is 0 Å². The summed E-state index contributed by atoms with van der Waals surface area (Å²) in [5, 5.41) is 0. The zero-order valence-corrected chi connectivity index (χ0v) is 15.4. The summed E-state index contributed by atoms with van der Waals surface area (Å²) in [5.74, 6) is 0. The van der Waals surface area contributed by atoms with Crippen molar-refractivity contribution in [3.05, 3.63) is 28.7 Å². The van der Waals surface area contributed by atoms with Crippen molar-refractivity contribution >= 4 is 33.5 Å². The molecule has 1 aromatic rings. The lowest BCUT2D eigenvalue weighted by molar-refractivity contribution is 0.213. The van der Waals surface area contributed by atoms with Gasteiger partial charge in [0.2, 0.25) is 10.0 Å². The Kier molecular flexibility index (Phi) is 7.03. The number of benzene rings is 1. The Bertz CT molecular complexity index is 595. The van der Waals surface area contributed by atoms with E-state index in [1.807, 2.05) is 0 Å². The van der Waals surface area contributed by atoms with Crippen LogP contribution in [0.4, 0.5) is 0 Å². The van der Waals surface area contributed by atoms with E-state index in [9.17, 15) is 13.0 Å². The molecule has 0 saturated heterocycles. The van der Waals surface area contributed by atoms with E-state index in [-0.39, 0.29) is 24.4 Å². The highest BCUT2D eigenvalue weighted by molar-refractivity contribution is 9.10. The highest BCUT2D eigenvalue weighted by atomic mass is 79.9. The van der Waals surface area contributed by atoms with Gasteiger partial charge in [-0.2, -0.15) is 4.31 Å². The Morgan fingerprint density at radius 2 is 1.62 bits per heavy atom. The van der Waals surface area contributed by atoms with Crippen LogP contribution in [-0.4, -0.2) is 39.3 Å². The van der Waals surface area contributed by atoms with Gasteiger partial charge in [0, 0.05) is 11.5 Å². The molecule has 0 spiro atoms. The van der Waals surface area contributed by atoms with Crippen LogP contribution in [0.25, 0.3) is 0 Å². The summed E-state index contributed by atoms with van der Waals surface area (Å²) >= 11 is 3.25. The van der Waals surface area contributed by atoms with Crippen molar-refractivity contribution in [1.82, 2.24) is 4.31 Å². The van der Waals surface area contributed by atoms with Crippen LogP contribution in [0, 0.1) is 0 Å². The number of hydrogen-bond acceptors (Lipinski definition) is 5. The topological polar surface area (TPSA) is 72.9 Å². The minimum Gasteiger partial charge on any atom is -0.308 e. The van der Waals surface area contributed by atoms with Crippen LogP contribution < -0.4 is 0 Å². The van der Waals surface area contributed by atoms with Crippen molar-refractivity contribution in [2.45, 2.75) is 18.7 Å². The van der Waals surface area contributed by atoms with Gasteiger partial charge in [-0.05, 0) is 38.1 Å². The zero-order chi connectivity index (χ0) is 16.1. The summed E-state index contributed by atoms with van der Waals surface area (Å²) in [6, 6.07) is 6.21. The lowest BCUT2D eigenvalue weighted by Crippen LogP contribution is -2.28. The predicted octanol–water partition coefficient (Wildman–Crippen LogP) is 3.29. The Morgan fingerprint density at radius 1 is 1.14 bits per heavy atom. The second-order valence-electron chi connectivity index (χ2n) is 4.14. The van der Waals surface area contributed by atoms with Gasteiger partial charge < -0.3 is 9.05 Å². The van der Waals surface area contributed by atoms with Gasteiger partial charge in [-0.3, -0.25) is 4.57 Å². The summed E-state index contributed by atoms with van der Waals surface area (Å²) in [6.07, 6.45) is -0.326. The van der Waals surface area contributed by atoms with Gasteiger partial charge in [0.05, 0.1) is 18.1 Å². The molecule has 9 heteroatoms. The number of rotatable bonds is 8. The van der Waals surface area contributed by atoms with E-state index in [0.717, 1.165) is 8.78 Å². The second-order valence-corrected chi connectivity index (χ2v) is 9.13. The molecule has 1 rings (SSSR count). The van der Waals surface area contributed by atoms with Crippen molar-refractivity contribution < 1.29 is 22.0 Å². The second kappa shape index (κ2) is 7.85. The molecule has 1 aromatic carbocycles. The van der Waals surface area contributed by atoms with Gasteiger partial charge in [-0.1, -0.05) is 15.9 Å². The standard InChI is InChI=1S/C12H19BrNO5PS/c1-4-18-20(15,19-5-2)10-14(3)21(16,17)12-8-6-11(13)7-9-12/h6-9H,4-5,10H2,1-3H3. The quantitative estimate of drug-likeness (QED) is 0.627. The number of halogens is 1. The molecule has 6 nitrogen and oxygen atoms in total. The number of hydrogen-bond donors (Lipinski definition) is 0. The fraction of sp³-hybridized carbons (Fsp3) is 0.500. The van der Waals surface area contributed by atoms with Crippen LogP contribution in [0.3, 0.4) is 0 Å². The van der Waals surface area contributed by atoms with Crippen LogP contribution in [-0.2, 0) is 23.6 Å². The zero-order valence-electron chi connectivity index (χ0n) is 12.2. The minimum absolute atomic E-state index is 0.118. The lowest BCUT2D eigenvalue weighted by atomic mass is 10.4. The highest BCUT2D eigenvalue weighted by Crippen LogP contribution is 2.48. The SMILES string of the molecule is CCOP(=O)(CN(C)S(=O)(=O)c1ccc(Br)cc1)OCC. The van der Waals surface area contributed by atoms with Gasteiger partial charge in [0.1, 0.15) is 6.29 Å². The van der Waals surface area contributed by atoms with E-state index in [0.29, 0.717) is 0 Å². The largest absolute Gasteiger partial charge is 0.345 e. The van der Waals surface area contributed by atoms with Crippen molar-refractivity contribution in [2.24, 2.45) is 0 Å². The first-order valence-electron chi connectivity index (χ1n) is 6.35. The molecule has 0 saturated carbocycles. The Morgan fingerprint density at radius 3 is 2.05 bits per heavy atom. The Labute approximate surface area is 134 Å². The smallest absolute Gasteiger partial charge is 0.308 e. The first kappa shape index (κ1) is 18.8. The molecule has 0 bridgehead atoms. The number of nitrogens with zero attached hydrogens (tertiary/aromatic N) is 1. The van der Waals surface area contributed by atoms with Crippen molar-refractivity contribution in [2.75, 3.05) is 26.5 Å². The molecule has 0 aliphatic heterocycles. The molecule has 0 aromatic heterocycles. The molecule has 0 unspecified atom stereocenters. The van der Waals surface area contributed by atoms with E-state index in [4.69, 9.17) is 9.05 Å². The molecule has 0 radical (unpaired) electrons. The van der Waals surface area contributed by atoms with E-state index < -0.39 is 17.6 Å². The van der Waals surface area contributed by atoms with Crippen LogP contribution in [0.1, 0.15) is 13.8 Å². The van der Waals surface area contributed by atoms with Crippen molar-refractivity contribution in [1.29, 1.82) is 0 Å². The van der Waals surface area contributed by atoms with Gasteiger partial charge in [0.15, 0.2) is 0 Å². The van der Waals surface area contributed by atoms with E-state index in [2.05, 4.69) is 15.9 Å². The van der Waals surface area contributed by atoms with Gasteiger partial charge in [-0.15, -0.1) is 0 Å². The van der Waals surface area contributed by atoms with Crippen molar-refractivity contribution in [3.63, 3.8) is 0 Å². The summed E-state index contributed by atoms with van der Waals surface area (Å²) in [5.41, 5.74) is 0. The number of sulfonamides is 1. The summed E-state index contributed by atoms with van der Waals surface area (Å²) in [6.45, 7) is 3.72. The van der Waals surface area contributed by atoms with E-state index >= 15 is 0 Å². The molecule has 0 aliphatic carbocycles. The third kappa shape index (κ3) is 5.16. The van der Waals surface area contributed by atoms with E-state index in [1.165, 1.54) is 19.2 Å². The third-order valence-corrected chi connectivity index (χ3v) is 7.16. The average molecular weight is 400 g/mol. The third-order valence-electron chi connectivity index (χ3n) is 2.55. The lowest BCUT2D eigenvalue weighted by Gasteiger charge is -2.23. The maximum absolute atomic E-state index is 12.4. The highest BCUT2D eigenvalue weighted by Gasteiger charge is 2.31. The molecule has 0 atom stereocenters. The molecule has 21 heavy (non-hydrogen) atoms. The summed E-state index contributed by atoms with van der Waals surface area (Å²) < 4.78 is 49.2. The monoisotopic (exact) mass is 399 g/mol. The molecule has 0 aliphatic rings. The van der Waals surface area contributed by atoms with Crippen molar-refractivity contribution in [3.8, 4) is 0 Å². The molecule has 0 heterocycles. The van der Waals surface area contributed by atoms with Crippen LogP contribution in [0.5, 0.6) is 0 Å². The van der Waals surface area contributed by atoms with Gasteiger partial charge in [-0.25, -0.2) is 8.42 Å². The molecule has 0 N–H and O–H groups in total. The van der Waals surface area contributed by atoms with E-state index in [1.54, 1.807) is 26.0 Å². The molecular formula is C12H19BrNO5PS. The van der Waals surface area contributed by atoms with Gasteiger partial charge >= 0.3 is 7.60 Å². The minimum atomic E-state index is -3.75. The first-order chi connectivity index (χ1) is 9.75. The maximum atomic E-state index is 12.4. The Balaban J connectivity index is 2.97.